The van der Waals surface area contributed by atoms with Crippen LogP contribution in [0.4, 0.5) is 11.8 Å². The summed E-state index contributed by atoms with van der Waals surface area (Å²) in [7, 11) is 4.67. The van der Waals surface area contributed by atoms with E-state index >= 15 is 0 Å². The maximum absolute atomic E-state index is 12.9. The number of fused-ring (bicyclic) bond motifs is 2. The number of piperidine rings is 1. The molecule has 0 bridgehead atoms. The van der Waals surface area contributed by atoms with E-state index in [-0.39, 0.29) is 24.4 Å². The van der Waals surface area contributed by atoms with Gasteiger partial charge < -0.3 is 29.7 Å². The molecule has 1 fully saturated rings. The van der Waals surface area contributed by atoms with Crippen LogP contribution in [0.1, 0.15) is 28.8 Å². The van der Waals surface area contributed by atoms with Crippen molar-refractivity contribution < 1.29 is 19.0 Å². The van der Waals surface area contributed by atoms with E-state index in [9.17, 15) is 4.79 Å². The molecule has 3 heterocycles. The molecule has 3 aromatic rings. The second-order valence-electron chi connectivity index (χ2n) is 8.26. The molecular formula is C24H28ClN5O4. The molecule has 1 amide bonds. The Kier molecular flexibility index (Phi) is 6.56. The van der Waals surface area contributed by atoms with E-state index in [0.29, 0.717) is 46.5 Å². The van der Waals surface area contributed by atoms with Gasteiger partial charge in [0.2, 0.25) is 11.7 Å². The van der Waals surface area contributed by atoms with E-state index in [1.165, 1.54) is 0 Å². The Bertz CT molecular complexity index is 1230. The van der Waals surface area contributed by atoms with Crippen LogP contribution in [-0.2, 0) is 6.54 Å². The SMILES string of the molecule is COc1cc2c(N)nc(N3CCC(N4Cc5ccccc5C4=O)CC3)nc2c(OC)c1OC.Cl. The molecule has 0 radical (unpaired) electrons. The van der Waals surface area contributed by atoms with E-state index in [2.05, 4.69) is 9.88 Å². The Morgan fingerprint density at radius 2 is 1.71 bits per heavy atom. The molecule has 2 aliphatic heterocycles. The maximum atomic E-state index is 12.9. The van der Waals surface area contributed by atoms with Gasteiger partial charge in [-0.25, -0.2) is 4.98 Å². The Morgan fingerprint density at radius 1 is 1.00 bits per heavy atom. The summed E-state index contributed by atoms with van der Waals surface area (Å²) in [6, 6.07) is 9.80. The lowest BCUT2D eigenvalue weighted by Crippen LogP contribution is -2.45. The third-order valence-corrected chi connectivity index (χ3v) is 6.55. The Balaban J connectivity index is 0.00000274. The van der Waals surface area contributed by atoms with Crippen molar-refractivity contribution in [3.05, 3.63) is 41.5 Å². The van der Waals surface area contributed by atoms with Crippen LogP contribution in [0.15, 0.2) is 30.3 Å². The minimum absolute atomic E-state index is 0. The van der Waals surface area contributed by atoms with Crippen molar-refractivity contribution in [2.24, 2.45) is 0 Å². The number of nitrogens with two attached hydrogens (primary N) is 1. The normalized spacial score (nSPS) is 15.8. The smallest absolute Gasteiger partial charge is 0.254 e. The molecule has 2 aromatic carbocycles. The van der Waals surface area contributed by atoms with Crippen molar-refractivity contribution in [1.29, 1.82) is 0 Å². The number of hydrogen-bond donors (Lipinski definition) is 1. The second kappa shape index (κ2) is 9.42. The van der Waals surface area contributed by atoms with Crippen molar-refractivity contribution in [3.8, 4) is 17.2 Å². The van der Waals surface area contributed by atoms with Crippen LogP contribution in [0.25, 0.3) is 10.9 Å². The number of hydrogen-bond acceptors (Lipinski definition) is 8. The highest BCUT2D eigenvalue weighted by atomic mass is 35.5. The first-order valence-electron chi connectivity index (χ1n) is 11.0. The van der Waals surface area contributed by atoms with E-state index in [1.54, 1.807) is 27.4 Å². The summed E-state index contributed by atoms with van der Waals surface area (Å²) in [5.74, 6) is 2.43. The fraction of sp³-hybridized carbons (Fsp3) is 0.375. The Labute approximate surface area is 204 Å². The third-order valence-electron chi connectivity index (χ3n) is 6.55. The number of nitrogens with zero attached hydrogens (tertiary/aromatic N) is 4. The van der Waals surface area contributed by atoms with Gasteiger partial charge in [-0.2, -0.15) is 4.98 Å². The number of carbonyl (C=O) groups is 1. The minimum Gasteiger partial charge on any atom is -0.493 e. The lowest BCUT2D eigenvalue weighted by atomic mass is 10.0. The van der Waals surface area contributed by atoms with Crippen LogP contribution in [0.3, 0.4) is 0 Å². The molecule has 0 unspecified atom stereocenters. The number of rotatable bonds is 5. The molecular weight excluding hydrogens is 458 g/mol. The highest BCUT2D eigenvalue weighted by Gasteiger charge is 2.34. The van der Waals surface area contributed by atoms with Gasteiger partial charge in [-0.1, -0.05) is 18.2 Å². The molecule has 2 aliphatic rings. The summed E-state index contributed by atoms with van der Waals surface area (Å²) in [6.07, 6.45) is 1.67. The topological polar surface area (TPSA) is 103 Å². The number of amides is 1. The predicted molar refractivity (Wildman–Crippen MR) is 132 cm³/mol. The van der Waals surface area contributed by atoms with Crippen LogP contribution in [0.2, 0.25) is 0 Å². The van der Waals surface area contributed by atoms with Gasteiger partial charge in [0.15, 0.2) is 11.5 Å². The largest absolute Gasteiger partial charge is 0.493 e. The van der Waals surface area contributed by atoms with E-state index in [4.69, 9.17) is 24.9 Å². The Hall–Kier alpha value is -3.46. The summed E-state index contributed by atoms with van der Waals surface area (Å²) in [4.78, 5) is 26.3. The average Bonchev–Trinajstić information content (AvgIpc) is 3.19. The van der Waals surface area contributed by atoms with E-state index < -0.39 is 0 Å². The molecule has 1 saturated heterocycles. The van der Waals surface area contributed by atoms with Gasteiger partial charge in [0.05, 0.1) is 26.7 Å². The van der Waals surface area contributed by atoms with Crippen LogP contribution in [0, 0.1) is 0 Å². The highest BCUT2D eigenvalue weighted by Crippen LogP contribution is 2.44. The molecule has 10 heteroatoms. The van der Waals surface area contributed by atoms with Crippen molar-refractivity contribution in [3.63, 3.8) is 0 Å². The molecule has 0 spiro atoms. The second-order valence-corrected chi connectivity index (χ2v) is 8.26. The monoisotopic (exact) mass is 485 g/mol. The van der Waals surface area contributed by atoms with Crippen LogP contribution < -0.4 is 24.8 Å². The summed E-state index contributed by atoms with van der Waals surface area (Å²) >= 11 is 0. The average molecular weight is 486 g/mol. The minimum atomic E-state index is 0. The zero-order chi connectivity index (χ0) is 23.1. The molecule has 180 valence electrons. The quantitative estimate of drug-likeness (QED) is 0.587. The van der Waals surface area contributed by atoms with Crippen LogP contribution >= 0.6 is 12.4 Å². The molecule has 9 nitrogen and oxygen atoms in total. The number of nitrogen functional groups attached to an aromatic ring is 1. The number of aromatic nitrogens is 2. The third kappa shape index (κ3) is 3.79. The van der Waals surface area contributed by atoms with E-state index in [1.807, 2.05) is 29.2 Å². The summed E-state index contributed by atoms with van der Waals surface area (Å²) in [6.45, 7) is 2.13. The summed E-state index contributed by atoms with van der Waals surface area (Å²) < 4.78 is 16.5. The van der Waals surface area contributed by atoms with Crippen molar-refractivity contribution in [2.45, 2.75) is 25.4 Å². The predicted octanol–water partition coefficient (Wildman–Crippen LogP) is 3.28. The highest BCUT2D eigenvalue weighted by molar-refractivity contribution is 5.98. The van der Waals surface area contributed by atoms with Crippen LogP contribution in [0.5, 0.6) is 17.2 Å². The number of carbonyl (C=O) groups excluding carboxylic acids is 1. The van der Waals surface area contributed by atoms with Gasteiger partial charge in [-0.15, -0.1) is 12.4 Å². The van der Waals surface area contributed by atoms with Crippen LogP contribution in [-0.4, -0.2) is 61.2 Å². The zero-order valence-corrected chi connectivity index (χ0v) is 20.2. The first-order valence-corrected chi connectivity index (χ1v) is 11.0. The molecule has 0 atom stereocenters. The molecule has 34 heavy (non-hydrogen) atoms. The number of methoxy groups -OCH3 is 3. The fourth-order valence-corrected chi connectivity index (χ4v) is 4.83. The molecule has 2 N–H and O–H groups in total. The number of ether oxygens (including phenoxy) is 3. The number of anilines is 2. The van der Waals surface area contributed by atoms with Crippen molar-refractivity contribution >= 4 is 41.0 Å². The summed E-state index contributed by atoms with van der Waals surface area (Å²) in [5.41, 5.74) is 8.81. The maximum Gasteiger partial charge on any atom is 0.254 e. The van der Waals surface area contributed by atoms with Gasteiger partial charge in [0, 0.05) is 31.2 Å². The van der Waals surface area contributed by atoms with Gasteiger partial charge in [-0.3, -0.25) is 4.79 Å². The lowest BCUT2D eigenvalue weighted by molar-refractivity contribution is 0.0675. The molecule has 0 aliphatic carbocycles. The van der Waals surface area contributed by atoms with Crippen molar-refractivity contribution in [2.75, 3.05) is 45.1 Å². The van der Waals surface area contributed by atoms with Crippen molar-refractivity contribution in [1.82, 2.24) is 14.9 Å². The molecule has 0 saturated carbocycles. The number of benzene rings is 2. The Morgan fingerprint density at radius 3 is 2.35 bits per heavy atom. The molecule has 1 aromatic heterocycles. The fourth-order valence-electron chi connectivity index (χ4n) is 4.83. The number of halogens is 1. The van der Waals surface area contributed by atoms with Gasteiger partial charge in [0.1, 0.15) is 11.3 Å². The van der Waals surface area contributed by atoms with Gasteiger partial charge >= 0.3 is 0 Å². The first-order chi connectivity index (χ1) is 16.0. The van der Waals surface area contributed by atoms with E-state index in [0.717, 1.165) is 37.1 Å². The first kappa shape index (κ1) is 23.7. The lowest BCUT2D eigenvalue weighted by Gasteiger charge is -2.36. The van der Waals surface area contributed by atoms with Gasteiger partial charge in [-0.05, 0) is 30.5 Å². The molecule has 5 rings (SSSR count). The standard InChI is InChI=1S/C24H27N5O4.ClH/c1-31-18-12-17-19(21(33-3)20(18)32-2)26-24(27-22(17)25)28-10-8-15(9-11-28)29-13-14-6-4-5-7-16(14)23(29)30;/h4-7,12,15H,8-11,13H2,1-3H3,(H2,25,26,27);1H. The zero-order valence-electron chi connectivity index (χ0n) is 19.4. The van der Waals surface area contributed by atoms with Gasteiger partial charge in [0.25, 0.3) is 5.91 Å². The summed E-state index contributed by atoms with van der Waals surface area (Å²) in [5, 5.41) is 0.642.